The number of halogens is 4. The largest absolute Gasteiger partial charge is 0.416 e. The number of aliphatic imine (C=N–C) groups is 1. The van der Waals surface area contributed by atoms with E-state index in [1.165, 1.54) is 46.5 Å². The smallest absolute Gasteiger partial charge is 0.366 e. The molecule has 0 saturated heterocycles. The van der Waals surface area contributed by atoms with Crippen molar-refractivity contribution in [2.75, 3.05) is 16.9 Å². The van der Waals surface area contributed by atoms with Crippen molar-refractivity contribution in [3.8, 4) is 5.69 Å². The number of nitrogens with one attached hydrogen (secondary N) is 2. The van der Waals surface area contributed by atoms with E-state index in [1.54, 1.807) is 18.0 Å². The molecule has 2 aromatic carbocycles. The zero-order chi connectivity index (χ0) is 27.3. The van der Waals surface area contributed by atoms with Crippen molar-refractivity contribution >= 4 is 40.1 Å². The first-order valence-electron chi connectivity index (χ1n) is 12.2. The first-order valence-corrected chi connectivity index (χ1v) is 13.0. The molecule has 2 N–H and O–H groups in total. The molecular formula is C27H22F4N6OS. The number of anilines is 3. The third kappa shape index (κ3) is 5.11. The van der Waals surface area contributed by atoms with Crippen LogP contribution >= 0.6 is 11.3 Å². The van der Waals surface area contributed by atoms with Gasteiger partial charge in [0.05, 0.1) is 33.8 Å². The Morgan fingerprint density at radius 3 is 2.64 bits per heavy atom. The minimum absolute atomic E-state index is 0.141. The summed E-state index contributed by atoms with van der Waals surface area (Å²) in [6, 6.07) is 9.43. The number of fused-ring (bicyclic) bond motifs is 1. The molecule has 2 aromatic heterocycles. The van der Waals surface area contributed by atoms with Crippen molar-refractivity contribution in [1.82, 2.24) is 14.9 Å². The van der Waals surface area contributed by atoms with Crippen LogP contribution in [0.4, 0.5) is 34.6 Å². The van der Waals surface area contributed by atoms with E-state index in [4.69, 9.17) is 0 Å². The van der Waals surface area contributed by atoms with Crippen LogP contribution in [0, 0.1) is 12.7 Å². The van der Waals surface area contributed by atoms with Gasteiger partial charge in [-0.3, -0.25) is 4.79 Å². The van der Waals surface area contributed by atoms with Crippen LogP contribution in [0.2, 0.25) is 0 Å². The number of aromatic nitrogens is 2. The average Bonchev–Trinajstić information content (AvgIpc) is 3.38. The molecule has 1 saturated carbocycles. The zero-order valence-corrected chi connectivity index (χ0v) is 21.4. The molecule has 12 heteroatoms. The minimum Gasteiger partial charge on any atom is -0.366 e. The lowest BCUT2D eigenvalue weighted by Gasteiger charge is -2.28. The maximum absolute atomic E-state index is 15.0. The van der Waals surface area contributed by atoms with Crippen molar-refractivity contribution < 1.29 is 22.4 Å². The Labute approximate surface area is 224 Å². The molecule has 1 aliphatic heterocycles. The van der Waals surface area contributed by atoms with E-state index in [0.717, 1.165) is 41.4 Å². The lowest BCUT2D eigenvalue weighted by Crippen LogP contribution is -2.33. The summed E-state index contributed by atoms with van der Waals surface area (Å²) >= 11 is 1.50. The summed E-state index contributed by atoms with van der Waals surface area (Å²) in [5.74, 6) is -0.492. The minimum atomic E-state index is -4.66. The zero-order valence-electron chi connectivity index (χ0n) is 20.6. The van der Waals surface area contributed by atoms with Gasteiger partial charge in [-0.15, -0.1) is 11.3 Å². The fourth-order valence-electron chi connectivity index (χ4n) is 4.34. The summed E-state index contributed by atoms with van der Waals surface area (Å²) in [6.07, 6.45) is 0.465. The molecule has 6 rings (SSSR count). The van der Waals surface area contributed by atoms with Gasteiger partial charge in [-0.2, -0.15) is 13.2 Å². The molecule has 7 nitrogen and oxygen atoms in total. The Bertz CT molecular complexity index is 1600. The van der Waals surface area contributed by atoms with Gasteiger partial charge in [0.1, 0.15) is 18.3 Å². The SMILES string of the molecule is Cc1cn(-c2cc(C(=O)Nc3ccc(F)c(N4CN=C(NC5CC5)c5sccc54)c3)cc(C(F)(F)F)c2)cn1. The maximum atomic E-state index is 15.0. The van der Waals surface area contributed by atoms with Crippen molar-refractivity contribution in [2.45, 2.75) is 32.0 Å². The molecule has 1 amide bonds. The predicted molar refractivity (Wildman–Crippen MR) is 142 cm³/mol. The van der Waals surface area contributed by atoms with Gasteiger partial charge in [-0.25, -0.2) is 14.4 Å². The van der Waals surface area contributed by atoms with E-state index in [-0.39, 0.29) is 29.3 Å². The molecule has 3 heterocycles. The van der Waals surface area contributed by atoms with Gasteiger partial charge in [0.2, 0.25) is 0 Å². The van der Waals surface area contributed by atoms with Crippen LogP contribution in [-0.4, -0.2) is 34.0 Å². The van der Waals surface area contributed by atoms with Crippen LogP contribution in [0.25, 0.3) is 5.69 Å². The molecule has 0 unspecified atom stereocenters. The van der Waals surface area contributed by atoms with Crippen LogP contribution in [-0.2, 0) is 6.18 Å². The summed E-state index contributed by atoms with van der Waals surface area (Å²) < 4.78 is 57.3. The van der Waals surface area contributed by atoms with Gasteiger partial charge in [0, 0.05) is 29.2 Å². The Kier molecular flexibility index (Phi) is 6.13. The van der Waals surface area contributed by atoms with Gasteiger partial charge >= 0.3 is 6.18 Å². The van der Waals surface area contributed by atoms with Gasteiger partial charge in [0.25, 0.3) is 5.91 Å². The van der Waals surface area contributed by atoms with Crippen LogP contribution in [0.1, 0.15) is 39.3 Å². The number of hydrogen-bond acceptors (Lipinski definition) is 6. The van der Waals surface area contributed by atoms with Gasteiger partial charge in [-0.1, -0.05) is 0 Å². The number of amidine groups is 1. The number of aryl methyl sites for hydroxylation is 1. The lowest BCUT2D eigenvalue weighted by molar-refractivity contribution is -0.137. The van der Waals surface area contributed by atoms with E-state index in [9.17, 15) is 18.0 Å². The summed E-state index contributed by atoms with van der Waals surface area (Å²) in [4.78, 5) is 24.4. The number of carbonyl (C=O) groups is 1. The van der Waals surface area contributed by atoms with E-state index < -0.39 is 23.5 Å². The molecule has 0 atom stereocenters. The average molecular weight is 555 g/mol. The summed E-state index contributed by atoms with van der Waals surface area (Å²) in [6.45, 7) is 1.88. The first kappa shape index (κ1) is 25.1. The summed E-state index contributed by atoms with van der Waals surface area (Å²) in [7, 11) is 0. The van der Waals surface area contributed by atoms with E-state index >= 15 is 4.39 Å². The van der Waals surface area contributed by atoms with Crippen LogP contribution in [0.15, 0.2) is 65.4 Å². The van der Waals surface area contributed by atoms with Crippen LogP contribution in [0.5, 0.6) is 0 Å². The normalized spacial score (nSPS) is 15.1. The Hall–Kier alpha value is -4.19. The number of benzene rings is 2. The fourth-order valence-corrected chi connectivity index (χ4v) is 5.20. The number of carbonyl (C=O) groups excluding carboxylic acids is 1. The van der Waals surface area contributed by atoms with E-state index in [2.05, 4.69) is 20.6 Å². The highest BCUT2D eigenvalue weighted by Crippen LogP contribution is 2.38. The molecule has 0 bridgehead atoms. The van der Waals surface area contributed by atoms with Crippen molar-refractivity contribution in [3.63, 3.8) is 0 Å². The molecule has 0 radical (unpaired) electrons. The highest BCUT2D eigenvalue weighted by Gasteiger charge is 2.32. The lowest BCUT2D eigenvalue weighted by atomic mass is 10.1. The fraction of sp³-hybridized carbons (Fsp3) is 0.222. The van der Waals surface area contributed by atoms with Crippen LogP contribution in [0.3, 0.4) is 0 Å². The van der Waals surface area contributed by atoms with Crippen molar-refractivity contribution in [1.29, 1.82) is 0 Å². The molecule has 1 fully saturated rings. The topological polar surface area (TPSA) is 74.6 Å². The highest BCUT2D eigenvalue weighted by molar-refractivity contribution is 7.12. The number of amides is 1. The van der Waals surface area contributed by atoms with E-state index in [0.29, 0.717) is 11.7 Å². The van der Waals surface area contributed by atoms with E-state index in [1.807, 2.05) is 11.4 Å². The van der Waals surface area contributed by atoms with Crippen molar-refractivity contribution in [2.24, 2.45) is 4.99 Å². The molecule has 39 heavy (non-hydrogen) atoms. The number of nitrogens with zero attached hydrogens (tertiary/aromatic N) is 4. The number of rotatable bonds is 5. The standard InChI is InChI=1S/C27H22F4N6OS/c1-15-12-36(13-32-15)20-9-16(8-17(10-20)27(29,30)31)26(38)35-19-4-5-21(28)23(11-19)37-14-33-25(34-18-2-3-18)24-22(37)6-7-39-24/h4-13,18H,2-3,14H2,1H3,(H,33,34)(H,35,38). The number of thiophene rings is 1. The predicted octanol–water partition coefficient (Wildman–Crippen LogP) is 6.26. The van der Waals surface area contributed by atoms with Crippen LogP contribution < -0.4 is 15.5 Å². The molecule has 0 spiro atoms. The molecule has 200 valence electrons. The second-order valence-electron chi connectivity index (χ2n) is 9.44. The third-order valence-electron chi connectivity index (χ3n) is 6.45. The molecule has 1 aliphatic carbocycles. The molecule has 2 aliphatic rings. The summed E-state index contributed by atoms with van der Waals surface area (Å²) in [5, 5.41) is 7.93. The van der Waals surface area contributed by atoms with Gasteiger partial charge in [-0.05, 0) is 67.6 Å². The maximum Gasteiger partial charge on any atom is 0.416 e. The monoisotopic (exact) mass is 554 g/mol. The van der Waals surface area contributed by atoms with Gasteiger partial charge in [0.15, 0.2) is 0 Å². The first-order chi connectivity index (χ1) is 18.7. The van der Waals surface area contributed by atoms with Crippen molar-refractivity contribution in [3.05, 3.63) is 87.9 Å². The molecular weight excluding hydrogens is 532 g/mol. The van der Waals surface area contributed by atoms with Gasteiger partial charge < -0.3 is 20.1 Å². The Balaban J connectivity index is 1.29. The second-order valence-corrected chi connectivity index (χ2v) is 10.4. The quantitative estimate of drug-likeness (QED) is 0.286. The number of alkyl halides is 3. The second kappa shape index (κ2) is 9.53. The number of imidazole rings is 1. The Morgan fingerprint density at radius 1 is 1.10 bits per heavy atom. The third-order valence-corrected chi connectivity index (χ3v) is 7.36. The molecule has 4 aromatic rings. The summed E-state index contributed by atoms with van der Waals surface area (Å²) in [5.41, 5.74) is 0.805. The number of hydrogen-bond donors (Lipinski definition) is 2. The highest BCUT2D eigenvalue weighted by atomic mass is 32.1. The Morgan fingerprint density at radius 2 is 1.92 bits per heavy atom.